The predicted molar refractivity (Wildman–Crippen MR) is 186 cm³/mol. The van der Waals surface area contributed by atoms with Gasteiger partial charge in [-0.2, -0.15) is 27.1 Å². The van der Waals surface area contributed by atoms with Crippen LogP contribution >= 0.6 is 0 Å². The van der Waals surface area contributed by atoms with Crippen molar-refractivity contribution >= 4 is 75.9 Å². The number of fused-ring (bicyclic) bond motifs is 2. The van der Waals surface area contributed by atoms with Gasteiger partial charge in [-0.1, -0.05) is 36.4 Å². The number of rotatable bonds is 7. The number of benzene rings is 6. The van der Waals surface area contributed by atoms with Gasteiger partial charge in [-0.25, -0.2) is 0 Å². The van der Waals surface area contributed by atoms with Crippen LogP contribution in [0.3, 0.4) is 0 Å². The lowest BCUT2D eigenvalue weighted by Crippen LogP contribution is -1.97. The Balaban J connectivity index is 1.25. The van der Waals surface area contributed by atoms with Gasteiger partial charge in [0.1, 0.15) is 11.4 Å². The number of aryl methyl sites for hydroxylation is 2. The molecular formula is C34H28N6O6S2. The molecule has 0 saturated carbocycles. The molecule has 0 amide bonds. The highest BCUT2D eigenvalue weighted by atomic mass is 32.2. The average Bonchev–Trinajstić information content (AvgIpc) is 3.03. The van der Waals surface area contributed by atoms with E-state index in [2.05, 4.69) is 20.5 Å². The Morgan fingerprint density at radius 2 is 0.896 bits per heavy atom. The Labute approximate surface area is 276 Å². The molecule has 6 rings (SSSR count). The monoisotopic (exact) mass is 680 g/mol. The van der Waals surface area contributed by atoms with Crippen LogP contribution in [0.1, 0.15) is 11.1 Å². The molecule has 0 aliphatic heterocycles. The smallest absolute Gasteiger partial charge is 0.294 e. The molecule has 0 aliphatic rings. The van der Waals surface area contributed by atoms with E-state index in [9.17, 15) is 25.9 Å². The Morgan fingerprint density at radius 1 is 0.500 bits per heavy atom. The van der Waals surface area contributed by atoms with E-state index in [1.807, 2.05) is 50.2 Å². The minimum atomic E-state index is -4.36. The summed E-state index contributed by atoms with van der Waals surface area (Å²) in [5, 5.41) is 19.9. The number of azo groups is 2. The van der Waals surface area contributed by atoms with Crippen molar-refractivity contribution in [2.75, 3.05) is 11.5 Å². The molecule has 0 aliphatic carbocycles. The van der Waals surface area contributed by atoms with Crippen LogP contribution < -0.4 is 11.5 Å². The van der Waals surface area contributed by atoms with Crippen LogP contribution in [-0.2, 0) is 20.2 Å². The summed E-state index contributed by atoms with van der Waals surface area (Å²) < 4.78 is 65.0. The number of hydrogen-bond acceptors (Lipinski definition) is 10. The first kappa shape index (κ1) is 32.4. The average molecular weight is 681 g/mol. The van der Waals surface area contributed by atoms with E-state index in [1.54, 1.807) is 24.3 Å². The molecular weight excluding hydrogens is 653 g/mol. The normalized spacial score (nSPS) is 12.5. The van der Waals surface area contributed by atoms with E-state index in [0.717, 1.165) is 22.3 Å². The number of anilines is 2. The SMILES string of the molecule is Cc1cc(-c2ccc(/N=N/c3c(N)ccc4cc(S(=O)(=O)O)ccc34)c(C)c2)ccc1/N=N/c1c(N)ccc2cc(S(=O)(=O)O)ccc12. The fourth-order valence-corrected chi connectivity index (χ4v) is 6.29. The molecule has 242 valence electrons. The summed E-state index contributed by atoms with van der Waals surface area (Å²) >= 11 is 0. The van der Waals surface area contributed by atoms with Crippen molar-refractivity contribution in [2.45, 2.75) is 23.6 Å². The molecule has 0 unspecified atom stereocenters. The molecule has 0 atom stereocenters. The standard InChI is InChI=1S/C34H28N6O6S2/c1-19-15-21(5-13-31(19)37-39-33-27-9-7-25(47(41,42)43)17-23(27)3-11-29(33)35)22-6-14-32(20(2)16-22)38-40-34-28-10-8-26(48(44,45)46)18-24(28)4-12-30(34)36/h3-18H,35-36H2,1-2H3,(H,41,42,43)(H,44,45,46)/b39-37+,40-38+. The predicted octanol–water partition coefficient (Wildman–Crippen LogP) is 8.77. The first-order valence-electron chi connectivity index (χ1n) is 14.3. The lowest BCUT2D eigenvalue weighted by Gasteiger charge is -2.09. The van der Waals surface area contributed by atoms with Crippen LogP contribution in [0.4, 0.5) is 34.1 Å². The van der Waals surface area contributed by atoms with Gasteiger partial charge in [0, 0.05) is 10.8 Å². The van der Waals surface area contributed by atoms with Crippen LogP contribution in [0, 0.1) is 13.8 Å². The van der Waals surface area contributed by atoms with E-state index < -0.39 is 20.2 Å². The summed E-state index contributed by atoms with van der Waals surface area (Å²) in [6.45, 7) is 3.82. The lowest BCUT2D eigenvalue weighted by atomic mass is 10.0. The maximum Gasteiger partial charge on any atom is 0.294 e. The highest BCUT2D eigenvalue weighted by molar-refractivity contribution is 7.86. The van der Waals surface area contributed by atoms with Crippen molar-refractivity contribution in [2.24, 2.45) is 20.5 Å². The van der Waals surface area contributed by atoms with Gasteiger partial charge in [0.05, 0.1) is 32.5 Å². The maximum atomic E-state index is 11.6. The molecule has 14 heteroatoms. The lowest BCUT2D eigenvalue weighted by molar-refractivity contribution is 0.481. The van der Waals surface area contributed by atoms with Gasteiger partial charge in [-0.3, -0.25) is 9.11 Å². The third kappa shape index (κ3) is 6.50. The topological polar surface area (TPSA) is 210 Å². The number of nitrogens with two attached hydrogens (primary N) is 2. The molecule has 6 aromatic carbocycles. The van der Waals surface area contributed by atoms with E-state index in [4.69, 9.17) is 11.5 Å². The largest absolute Gasteiger partial charge is 0.397 e. The van der Waals surface area contributed by atoms with E-state index in [-0.39, 0.29) is 9.79 Å². The zero-order chi connectivity index (χ0) is 34.4. The third-order valence-corrected chi connectivity index (χ3v) is 9.53. The number of hydrogen-bond donors (Lipinski definition) is 4. The molecule has 0 fully saturated rings. The third-order valence-electron chi connectivity index (χ3n) is 7.83. The van der Waals surface area contributed by atoms with Gasteiger partial charge in [0.2, 0.25) is 0 Å². The second-order valence-corrected chi connectivity index (χ2v) is 14.0. The molecule has 6 N–H and O–H groups in total. The quantitative estimate of drug-likeness (QED) is 0.0725. The number of nitrogen functional groups attached to an aromatic ring is 2. The second kappa shape index (κ2) is 12.2. The highest BCUT2D eigenvalue weighted by Crippen LogP contribution is 2.38. The van der Waals surface area contributed by atoms with Crippen molar-refractivity contribution in [3.8, 4) is 11.1 Å². The van der Waals surface area contributed by atoms with Crippen LogP contribution in [0.2, 0.25) is 0 Å². The minimum absolute atomic E-state index is 0.228. The van der Waals surface area contributed by atoms with Crippen LogP contribution in [0.25, 0.3) is 32.7 Å². The van der Waals surface area contributed by atoms with Crippen molar-refractivity contribution in [1.29, 1.82) is 0 Å². The Hall–Kier alpha value is -5.54. The van der Waals surface area contributed by atoms with Gasteiger partial charge >= 0.3 is 0 Å². The first-order valence-corrected chi connectivity index (χ1v) is 17.2. The van der Waals surface area contributed by atoms with Gasteiger partial charge in [0.15, 0.2) is 0 Å². The van der Waals surface area contributed by atoms with Crippen molar-refractivity contribution in [1.82, 2.24) is 0 Å². The molecule has 0 spiro atoms. The fraction of sp³-hybridized carbons (Fsp3) is 0.0588. The van der Waals surface area contributed by atoms with Gasteiger partial charge in [-0.05, 0) is 108 Å². The summed E-state index contributed by atoms with van der Waals surface area (Å²) in [4.78, 5) is -0.455. The molecule has 0 aromatic heterocycles. The van der Waals surface area contributed by atoms with Crippen molar-refractivity contribution in [3.63, 3.8) is 0 Å². The Morgan fingerprint density at radius 3 is 1.25 bits per heavy atom. The highest BCUT2D eigenvalue weighted by Gasteiger charge is 2.14. The maximum absolute atomic E-state index is 11.6. The van der Waals surface area contributed by atoms with Gasteiger partial charge in [-0.15, -0.1) is 10.2 Å². The zero-order valence-corrected chi connectivity index (χ0v) is 27.2. The van der Waals surface area contributed by atoms with E-state index in [1.165, 1.54) is 36.4 Å². The molecule has 0 bridgehead atoms. The Kier molecular flexibility index (Phi) is 8.26. The van der Waals surface area contributed by atoms with E-state index >= 15 is 0 Å². The first-order chi connectivity index (χ1) is 22.7. The second-order valence-electron chi connectivity index (χ2n) is 11.1. The summed E-state index contributed by atoms with van der Waals surface area (Å²) in [5.74, 6) is 0. The summed E-state index contributed by atoms with van der Waals surface area (Å²) in [6.07, 6.45) is 0. The zero-order valence-electron chi connectivity index (χ0n) is 25.5. The molecule has 0 heterocycles. The summed E-state index contributed by atoms with van der Waals surface area (Å²) in [5.41, 5.74) is 18.7. The van der Waals surface area contributed by atoms with Crippen LogP contribution in [0.15, 0.2) is 127 Å². The number of nitrogens with zero attached hydrogens (tertiary/aromatic N) is 4. The molecule has 48 heavy (non-hydrogen) atoms. The van der Waals surface area contributed by atoms with Crippen molar-refractivity contribution < 1.29 is 25.9 Å². The van der Waals surface area contributed by atoms with E-state index in [0.29, 0.717) is 55.7 Å². The van der Waals surface area contributed by atoms with Crippen LogP contribution in [0.5, 0.6) is 0 Å². The molecule has 0 saturated heterocycles. The van der Waals surface area contributed by atoms with Gasteiger partial charge < -0.3 is 11.5 Å². The molecule has 6 aromatic rings. The van der Waals surface area contributed by atoms with Crippen LogP contribution in [-0.4, -0.2) is 25.9 Å². The summed E-state index contributed by atoms with van der Waals surface area (Å²) in [6, 6.07) is 26.3. The summed E-state index contributed by atoms with van der Waals surface area (Å²) in [7, 11) is -8.72. The molecule has 0 radical (unpaired) electrons. The minimum Gasteiger partial charge on any atom is -0.397 e. The van der Waals surface area contributed by atoms with Crippen molar-refractivity contribution in [3.05, 3.63) is 108 Å². The van der Waals surface area contributed by atoms with Gasteiger partial charge in [0.25, 0.3) is 20.2 Å². The fourth-order valence-electron chi connectivity index (χ4n) is 5.26. The Bertz CT molecular complexity index is 2390. The molecule has 12 nitrogen and oxygen atoms in total.